The lowest BCUT2D eigenvalue weighted by Crippen LogP contribution is -2.52. The Hall–Kier alpha value is -1.60. The van der Waals surface area contributed by atoms with E-state index in [4.69, 9.17) is 9.26 Å². The van der Waals surface area contributed by atoms with Gasteiger partial charge >= 0.3 is 6.03 Å². The number of nitrogens with zero attached hydrogens (tertiary/aromatic N) is 2. The van der Waals surface area contributed by atoms with Gasteiger partial charge in [-0.3, -0.25) is 4.90 Å². The molecule has 0 spiro atoms. The van der Waals surface area contributed by atoms with Crippen LogP contribution in [-0.2, 0) is 11.2 Å². The van der Waals surface area contributed by atoms with E-state index in [1.807, 2.05) is 13.8 Å². The van der Waals surface area contributed by atoms with Crippen LogP contribution in [0, 0.1) is 13.8 Å². The summed E-state index contributed by atoms with van der Waals surface area (Å²) < 4.78 is 10.6. The van der Waals surface area contributed by atoms with Crippen LogP contribution >= 0.6 is 0 Å². The molecular weight excluding hydrogens is 308 g/mol. The highest BCUT2D eigenvalue weighted by atomic mass is 16.5. The van der Waals surface area contributed by atoms with E-state index in [1.54, 1.807) is 0 Å². The van der Waals surface area contributed by atoms with E-state index in [1.165, 1.54) is 0 Å². The highest BCUT2D eigenvalue weighted by Crippen LogP contribution is 2.13. The van der Waals surface area contributed by atoms with Crippen molar-refractivity contribution in [3.05, 3.63) is 17.0 Å². The number of ether oxygens (including phenoxy) is 1. The van der Waals surface area contributed by atoms with Crippen LogP contribution in [0.25, 0.3) is 0 Å². The number of carbonyl (C=O) groups excluding carboxylic acids is 1. The van der Waals surface area contributed by atoms with Crippen molar-refractivity contribution in [3.63, 3.8) is 0 Å². The van der Waals surface area contributed by atoms with Gasteiger partial charge < -0.3 is 19.9 Å². The molecule has 0 bridgehead atoms. The molecular formula is C17H30N4O3. The number of rotatable bonds is 7. The van der Waals surface area contributed by atoms with Gasteiger partial charge in [0.1, 0.15) is 5.76 Å². The Labute approximate surface area is 144 Å². The predicted molar refractivity (Wildman–Crippen MR) is 92.1 cm³/mol. The quantitative estimate of drug-likeness (QED) is 0.739. The van der Waals surface area contributed by atoms with Gasteiger partial charge in [0, 0.05) is 37.3 Å². The average Bonchev–Trinajstić information content (AvgIpc) is 2.88. The summed E-state index contributed by atoms with van der Waals surface area (Å²) in [5, 5.41) is 9.80. The molecule has 0 saturated carbocycles. The van der Waals surface area contributed by atoms with Gasteiger partial charge in [-0.1, -0.05) is 5.16 Å². The predicted octanol–water partition coefficient (Wildman–Crippen LogP) is 1.63. The Morgan fingerprint density at radius 2 is 2.21 bits per heavy atom. The maximum atomic E-state index is 11.9. The summed E-state index contributed by atoms with van der Waals surface area (Å²) in [4.78, 5) is 14.3. The van der Waals surface area contributed by atoms with E-state index in [2.05, 4.69) is 34.5 Å². The third kappa shape index (κ3) is 5.21. The summed E-state index contributed by atoms with van der Waals surface area (Å²) >= 11 is 0. The molecule has 1 aliphatic heterocycles. The molecule has 1 saturated heterocycles. The number of hydrogen-bond acceptors (Lipinski definition) is 5. The number of aryl methyl sites for hydroxylation is 2. The number of morpholine rings is 1. The van der Waals surface area contributed by atoms with Crippen molar-refractivity contribution in [2.24, 2.45) is 0 Å². The minimum atomic E-state index is -0.110. The van der Waals surface area contributed by atoms with Crippen molar-refractivity contribution in [2.75, 3.05) is 32.8 Å². The maximum absolute atomic E-state index is 11.9. The lowest BCUT2D eigenvalue weighted by molar-refractivity contribution is -0.0176. The fraction of sp³-hybridized carbons (Fsp3) is 0.765. The van der Waals surface area contributed by atoms with Crippen molar-refractivity contribution in [1.82, 2.24) is 20.7 Å². The van der Waals surface area contributed by atoms with Crippen LogP contribution in [0.4, 0.5) is 4.79 Å². The molecule has 1 aromatic rings. The Morgan fingerprint density at radius 1 is 1.42 bits per heavy atom. The molecule has 7 heteroatoms. The van der Waals surface area contributed by atoms with Crippen molar-refractivity contribution >= 4 is 6.03 Å². The molecule has 0 aromatic carbocycles. The number of amides is 2. The van der Waals surface area contributed by atoms with E-state index < -0.39 is 0 Å². The van der Waals surface area contributed by atoms with Crippen LogP contribution in [0.15, 0.2) is 4.52 Å². The second-order valence-corrected chi connectivity index (χ2v) is 6.55. The molecule has 1 aliphatic rings. The summed E-state index contributed by atoms with van der Waals surface area (Å²) in [6.45, 7) is 11.9. The lowest BCUT2D eigenvalue weighted by atomic mass is 10.1. The van der Waals surface area contributed by atoms with Gasteiger partial charge in [-0.2, -0.15) is 0 Å². The number of carbonyl (C=O) groups is 1. The molecule has 2 N–H and O–H groups in total. The van der Waals surface area contributed by atoms with Crippen LogP contribution in [0.1, 0.15) is 37.3 Å². The van der Waals surface area contributed by atoms with E-state index in [-0.39, 0.29) is 6.03 Å². The van der Waals surface area contributed by atoms with Gasteiger partial charge in [0.25, 0.3) is 0 Å². The summed E-state index contributed by atoms with van der Waals surface area (Å²) in [5.74, 6) is 0.866. The van der Waals surface area contributed by atoms with Crippen molar-refractivity contribution < 1.29 is 14.1 Å². The minimum Gasteiger partial charge on any atom is -0.379 e. The molecule has 2 amide bonds. The maximum Gasteiger partial charge on any atom is 0.314 e. The zero-order valence-corrected chi connectivity index (χ0v) is 15.2. The molecule has 2 heterocycles. The molecule has 2 rings (SSSR count). The summed E-state index contributed by atoms with van der Waals surface area (Å²) in [5.41, 5.74) is 2.08. The smallest absolute Gasteiger partial charge is 0.314 e. The molecule has 0 radical (unpaired) electrons. The van der Waals surface area contributed by atoms with Crippen LogP contribution in [0.5, 0.6) is 0 Å². The Kier molecular flexibility index (Phi) is 7.05. The van der Waals surface area contributed by atoms with Crippen molar-refractivity contribution in [1.29, 1.82) is 0 Å². The summed E-state index contributed by atoms with van der Waals surface area (Å²) in [6, 6.07) is 0.590. The van der Waals surface area contributed by atoms with Gasteiger partial charge in [0.2, 0.25) is 0 Å². The number of hydrogen-bond donors (Lipinski definition) is 2. The van der Waals surface area contributed by atoms with E-state index in [0.29, 0.717) is 25.2 Å². The third-order valence-electron chi connectivity index (χ3n) is 4.61. The first-order chi connectivity index (χ1) is 11.5. The summed E-state index contributed by atoms with van der Waals surface area (Å²) in [6.07, 6.45) is 1.73. The monoisotopic (exact) mass is 338 g/mol. The minimum absolute atomic E-state index is 0.110. The van der Waals surface area contributed by atoms with E-state index in [0.717, 1.165) is 49.6 Å². The summed E-state index contributed by atoms with van der Waals surface area (Å²) in [7, 11) is 0. The topological polar surface area (TPSA) is 79.6 Å². The molecule has 1 fully saturated rings. The third-order valence-corrected chi connectivity index (χ3v) is 4.61. The van der Waals surface area contributed by atoms with Gasteiger partial charge in [0.05, 0.1) is 18.9 Å². The normalized spacial score (nSPS) is 19.9. The molecule has 136 valence electrons. The van der Waals surface area contributed by atoms with Gasteiger partial charge in [0.15, 0.2) is 0 Å². The SMILES string of the molecule is Cc1noc(C)c1CCCNC(=O)NCC(C)N1CCOCC1C. The number of urea groups is 1. The lowest BCUT2D eigenvalue weighted by Gasteiger charge is -2.37. The number of nitrogens with one attached hydrogen (secondary N) is 2. The molecule has 2 atom stereocenters. The Morgan fingerprint density at radius 3 is 2.88 bits per heavy atom. The van der Waals surface area contributed by atoms with Gasteiger partial charge in [-0.05, 0) is 40.5 Å². The highest BCUT2D eigenvalue weighted by molar-refractivity contribution is 5.73. The van der Waals surface area contributed by atoms with Crippen LogP contribution in [-0.4, -0.2) is 61.0 Å². The number of aromatic nitrogens is 1. The zero-order chi connectivity index (χ0) is 17.5. The van der Waals surface area contributed by atoms with Crippen LogP contribution < -0.4 is 10.6 Å². The Balaban J connectivity index is 1.61. The van der Waals surface area contributed by atoms with Crippen molar-refractivity contribution in [3.8, 4) is 0 Å². The highest BCUT2D eigenvalue weighted by Gasteiger charge is 2.23. The zero-order valence-electron chi connectivity index (χ0n) is 15.2. The molecule has 7 nitrogen and oxygen atoms in total. The molecule has 1 aromatic heterocycles. The molecule has 24 heavy (non-hydrogen) atoms. The van der Waals surface area contributed by atoms with Crippen LogP contribution in [0.2, 0.25) is 0 Å². The fourth-order valence-electron chi connectivity index (χ4n) is 3.14. The Bertz CT molecular complexity index is 512. The largest absolute Gasteiger partial charge is 0.379 e. The van der Waals surface area contributed by atoms with Crippen molar-refractivity contribution in [2.45, 2.75) is 52.6 Å². The fourth-order valence-corrected chi connectivity index (χ4v) is 3.14. The van der Waals surface area contributed by atoms with E-state index in [9.17, 15) is 4.79 Å². The van der Waals surface area contributed by atoms with Gasteiger partial charge in [-0.25, -0.2) is 4.79 Å². The second kappa shape index (κ2) is 9.03. The van der Waals surface area contributed by atoms with Gasteiger partial charge in [-0.15, -0.1) is 0 Å². The first-order valence-corrected chi connectivity index (χ1v) is 8.76. The first kappa shape index (κ1) is 18.7. The molecule has 0 aliphatic carbocycles. The standard InChI is InChI=1S/C17H30N4O3/c1-12(21-8-9-23-11-13(21)2)10-19-17(22)18-7-5-6-16-14(3)20-24-15(16)4/h12-13H,5-11H2,1-4H3,(H2,18,19,22). The second-order valence-electron chi connectivity index (χ2n) is 6.55. The molecule has 2 unspecified atom stereocenters. The first-order valence-electron chi connectivity index (χ1n) is 8.76. The van der Waals surface area contributed by atoms with E-state index >= 15 is 0 Å². The average molecular weight is 338 g/mol. The van der Waals surface area contributed by atoms with Crippen LogP contribution in [0.3, 0.4) is 0 Å².